The van der Waals surface area contributed by atoms with E-state index in [1.54, 1.807) is 12.4 Å². The number of aryl methyl sites for hydroxylation is 1. The van der Waals surface area contributed by atoms with Crippen molar-refractivity contribution >= 4 is 5.91 Å². The van der Waals surface area contributed by atoms with E-state index in [0.717, 1.165) is 69.2 Å². The highest BCUT2D eigenvalue weighted by Crippen LogP contribution is 2.26. The molecule has 0 saturated carbocycles. The van der Waals surface area contributed by atoms with Crippen LogP contribution in [0, 0.1) is 0 Å². The van der Waals surface area contributed by atoms with Gasteiger partial charge < -0.3 is 9.47 Å². The number of hydrogen-bond donors (Lipinski definition) is 0. The summed E-state index contributed by atoms with van der Waals surface area (Å²) < 4.78 is 2.16. The summed E-state index contributed by atoms with van der Waals surface area (Å²) in [5, 5.41) is 8.97. The molecule has 0 bridgehead atoms. The van der Waals surface area contributed by atoms with E-state index in [-0.39, 0.29) is 11.8 Å². The number of amides is 1. The minimum absolute atomic E-state index is 0.237. The summed E-state index contributed by atoms with van der Waals surface area (Å²) in [5.41, 5.74) is 1.16. The molecule has 1 unspecified atom stereocenters. The Morgan fingerprint density at radius 2 is 1.89 bits per heavy atom. The van der Waals surface area contributed by atoms with E-state index in [0.29, 0.717) is 6.42 Å². The van der Waals surface area contributed by atoms with Crippen molar-refractivity contribution in [1.29, 1.82) is 0 Å². The Labute approximate surface area is 166 Å². The summed E-state index contributed by atoms with van der Waals surface area (Å²) >= 11 is 0. The van der Waals surface area contributed by atoms with Gasteiger partial charge in [-0.05, 0) is 62.9 Å². The van der Waals surface area contributed by atoms with E-state index in [1.165, 1.54) is 12.8 Å². The number of rotatable bonds is 6. The minimum Gasteiger partial charge on any atom is -0.342 e. The number of piperidine rings is 1. The molecule has 1 atom stereocenters. The van der Waals surface area contributed by atoms with Gasteiger partial charge in [-0.15, -0.1) is 10.2 Å². The summed E-state index contributed by atoms with van der Waals surface area (Å²) in [4.78, 5) is 21.2. The first-order chi connectivity index (χ1) is 13.7. The summed E-state index contributed by atoms with van der Waals surface area (Å²) in [5.74, 6) is 2.59. The van der Waals surface area contributed by atoms with Gasteiger partial charge in [-0.3, -0.25) is 14.7 Å². The van der Waals surface area contributed by atoms with E-state index < -0.39 is 0 Å². The first-order valence-corrected chi connectivity index (χ1v) is 10.5. The van der Waals surface area contributed by atoms with Crippen LogP contribution in [0.25, 0.3) is 0 Å². The molecule has 1 amide bonds. The fraction of sp³-hybridized carbons (Fsp3) is 0.619. The first-order valence-electron chi connectivity index (χ1n) is 10.5. The number of carbonyl (C=O) groups is 1. The smallest absolute Gasteiger partial charge is 0.222 e. The SMILES string of the molecule is Cn1c(CN2CCCC2)nnc1C1CCCN(C(=O)CCc2ccncc2)C1. The monoisotopic (exact) mass is 382 g/mol. The lowest BCUT2D eigenvalue weighted by atomic mass is 9.96. The van der Waals surface area contributed by atoms with Gasteiger partial charge in [0.05, 0.1) is 6.54 Å². The van der Waals surface area contributed by atoms with E-state index >= 15 is 0 Å². The van der Waals surface area contributed by atoms with Crippen LogP contribution in [-0.4, -0.2) is 61.6 Å². The van der Waals surface area contributed by atoms with Crippen molar-refractivity contribution in [3.63, 3.8) is 0 Å². The van der Waals surface area contributed by atoms with Crippen LogP contribution in [0.3, 0.4) is 0 Å². The second-order valence-electron chi connectivity index (χ2n) is 8.05. The number of carbonyl (C=O) groups excluding carboxylic acids is 1. The summed E-state index contributed by atoms with van der Waals surface area (Å²) in [6.45, 7) is 4.80. The van der Waals surface area contributed by atoms with Crippen molar-refractivity contribution in [1.82, 2.24) is 29.5 Å². The third-order valence-corrected chi connectivity index (χ3v) is 6.08. The molecule has 4 rings (SSSR count). The zero-order chi connectivity index (χ0) is 19.3. The van der Waals surface area contributed by atoms with Crippen LogP contribution in [0.4, 0.5) is 0 Å². The summed E-state index contributed by atoms with van der Waals surface area (Å²) in [6.07, 6.45) is 9.55. The van der Waals surface area contributed by atoms with Crippen molar-refractivity contribution < 1.29 is 4.79 Å². The number of hydrogen-bond acceptors (Lipinski definition) is 5. The number of likely N-dealkylation sites (tertiary alicyclic amines) is 2. The molecule has 0 aliphatic carbocycles. The van der Waals surface area contributed by atoms with Crippen molar-refractivity contribution in [3.8, 4) is 0 Å². The average Bonchev–Trinajstić information content (AvgIpc) is 3.38. The Morgan fingerprint density at radius 3 is 2.68 bits per heavy atom. The van der Waals surface area contributed by atoms with Crippen LogP contribution < -0.4 is 0 Å². The van der Waals surface area contributed by atoms with E-state index in [4.69, 9.17) is 0 Å². The van der Waals surface area contributed by atoms with Crippen LogP contribution in [0.5, 0.6) is 0 Å². The Kier molecular flexibility index (Phi) is 6.00. The average molecular weight is 383 g/mol. The predicted octanol–water partition coefficient (Wildman–Crippen LogP) is 2.14. The molecule has 0 radical (unpaired) electrons. The van der Waals surface area contributed by atoms with Crippen molar-refractivity contribution in [2.45, 2.75) is 51.0 Å². The Hall–Kier alpha value is -2.28. The normalized spacial score (nSPS) is 20.6. The molecule has 4 heterocycles. The highest BCUT2D eigenvalue weighted by Gasteiger charge is 2.28. The van der Waals surface area contributed by atoms with E-state index in [2.05, 4.69) is 31.7 Å². The lowest BCUT2D eigenvalue weighted by molar-refractivity contribution is -0.132. The zero-order valence-corrected chi connectivity index (χ0v) is 16.8. The number of pyridine rings is 1. The van der Waals surface area contributed by atoms with Gasteiger partial charge in [-0.1, -0.05) is 0 Å². The maximum Gasteiger partial charge on any atom is 0.222 e. The first kappa shape index (κ1) is 19.1. The third kappa shape index (κ3) is 4.41. The van der Waals surface area contributed by atoms with Crippen molar-refractivity contribution in [2.24, 2.45) is 7.05 Å². The zero-order valence-electron chi connectivity index (χ0n) is 16.8. The molecule has 2 fully saturated rings. The molecule has 7 nitrogen and oxygen atoms in total. The molecular formula is C21H30N6O. The predicted molar refractivity (Wildman–Crippen MR) is 107 cm³/mol. The highest BCUT2D eigenvalue weighted by molar-refractivity contribution is 5.76. The maximum absolute atomic E-state index is 12.7. The highest BCUT2D eigenvalue weighted by atomic mass is 16.2. The second kappa shape index (κ2) is 8.82. The van der Waals surface area contributed by atoms with Crippen molar-refractivity contribution in [3.05, 3.63) is 41.7 Å². The largest absolute Gasteiger partial charge is 0.342 e. The molecule has 2 aromatic rings. The van der Waals surface area contributed by atoms with E-state index in [9.17, 15) is 4.79 Å². The van der Waals surface area contributed by atoms with Gasteiger partial charge in [0.15, 0.2) is 0 Å². The quantitative estimate of drug-likeness (QED) is 0.766. The van der Waals surface area contributed by atoms with Crippen LogP contribution in [0.2, 0.25) is 0 Å². The molecule has 2 aromatic heterocycles. The molecule has 0 N–H and O–H groups in total. The maximum atomic E-state index is 12.7. The molecule has 0 spiro atoms. The van der Waals surface area contributed by atoms with Crippen LogP contribution in [-0.2, 0) is 24.8 Å². The van der Waals surface area contributed by atoms with Crippen LogP contribution in [0.1, 0.15) is 55.2 Å². The van der Waals surface area contributed by atoms with Crippen LogP contribution in [0.15, 0.2) is 24.5 Å². The summed E-state index contributed by atoms with van der Waals surface area (Å²) in [7, 11) is 2.07. The number of nitrogens with zero attached hydrogens (tertiary/aromatic N) is 6. The molecular weight excluding hydrogens is 352 g/mol. The second-order valence-corrected chi connectivity index (χ2v) is 8.05. The van der Waals surface area contributed by atoms with Gasteiger partial charge in [0.1, 0.15) is 11.6 Å². The topological polar surface area (TPSA) is 67.2 Å². The lowest BCUT2D eigenvalue weighted by Gasteiger charge is -2.32. The van der Waals surface area contributed by atoms with Gasteiger partial charge in [0.2, 0.25) is 5.91 Å². The Morgan fingerprint density at radius 1 is 1.11 bits per heavy atom. The molecule has 2 aliphatic rings. The third-order valence-electron chi connectivity index (χ3n) is 6.08. The molecule has 150 valence electrons. The molecule has 2 saturated heterocycles. The van der Waals surface area contributed by atoms with Crippen LogP contribution >= 0.6 is 0 Å². The Bertz CT molecular complexity index is 783. The standard InChI is InChI=1S/C21H30N6O/c1-25-19(16-26-12-2-3-13-26)23-24-21(25)18-5-4-14-27(15-18)20(28)7-6-17-8-10-22-11-9-17/h8-11,18H,2-7,12-16H2,1H3. The number of aromatic nitrogens is 4. The lowest BCUT2D eigenvalue weighted by Crippen LogP contribution is -2.39. The van der Waals surface area contributed by atoms with E-state index in [1.807, 2.05) is 17.0 Å². The molecule has 7 heteroatoms. The van der Waals surface area contributed by atoms with Gasteiger partial charge in [-0.25, -0.2) is 0 Å². The van der Waals surface area contributed by atoms with Gasteiger partial charge in [0, 0.05) is 44.9 Å². The molecule has 28 heavy (non-hydrogen) atoms. The van der Waals surface area contributed by atoms with Crippen molar-refractivity contribution in [2.75, 3.05) is 26.2 Å². The summed E-state index contributed by atoms with van der Waals surface area (Å²) in [6, 6.07) is 3.96. The fourth-order valence-electron chi connectivity index (χ4n) is 4.38. The van der Waals surface area contributed by atoms with Gasteiger partial charge in [-0.2, -0.15) is 0 Å². The molecule has 0 aromatic carbocycles. The minimum atomic E-state index is 0.237. The van der Waals surface area contributed by atoms with Gasteiger partial charge >= 0.3 is 0 Å². The molecule has 2 aliphatic heterocycles. The fourth-order valence-corrected chi connectivity index (χ4v) is 4.38. The Balaban J connectivity index is 1.35. The van der Waals surface area contributed by atoms with Gasteiger partial charge in [0.25, 0.3) is 0 Å².